The van der Waals surface area contributed by atoms with Gasteiger partial charge >= 0.3 is 5.97 Å². The SMILES string of the molecule is CCOC(=O)C1/C=C/NC=N/C=C/C1. The van der Waals surface area contributed by atoms with Gasteiger partial charge in [0.1, 0.15) is 0 Å². The van der Waals surface area contributed by atoms with E-state index in [1.807, 2.05) is 6.08 Å². The Labute approximate surface area is 83.4 Å². The molecule has 0 fully saturated rings. The standard InChI is InChI=1S/C10H14N2O2/c1-2-14-10(13)9-4-3-6-11-8-12-7-5-9/h3,5-9H,2,4H2,1H3,(H,11,12)/b6-3+,7-5+. The molecule has 1 heterocycles. The average Bonchev–Trinajstić information content (AvgIpc) is 2.30. The average molecular weight is 194 g/mol. The smallest absolute Gasteiger partial charge is 0.313 e. The highest BCUT2D eigenvalue weighted by atomic mass is 16.5. The normalized spacial score (nSPS) is 25.1. The summed E-state index contributed by atoms with van der Waals surface area (Å²) in [6.45, 7) is 2.21. The number of allylic oxidation sites excluding steroid dienone is 1. The second-order valence-electron chi connectivity index (χ2n) is 2.78. The Hall–Kier alpha value is -1.58. The van der Waals surface area contributed by atoms with Crippen molar-refractivity contribution in [2.75, 3.05) is 6.61 Å². The van der Waals surface area contributed by atoms with Crippen LogP contribution in [0.25, 0.3) is 0 Å². The molecule has 76 valence electrons. The lowest BCUT2D eigenvalue weighted by Gasteiger charge is -2.08. The predicted molar refractivity (Wildman–Crippen MR) is 54.6 cm³/mol. The Balaban J connectivity index is 2.58. The van der Waals surface area contributed by atoms with Crippen molar-refractivity contribution in [3.63, 3.8) is 0 Å². The van der Waals surface area contributed by atoms with Crippen molar-refractivity contribution in [2.24, 2.45) is 10.9 Å². The number of esters is 1. The van der Waals surface area contributed by atoms with Crippen LogP contribution < -0.4 is 5.32 Å². The van der Waals surface area contributed by atoms with Crippen molar-refractivity contribution < 1.29 is 9.53 Å². The van der Waals surface area contributed by atoms with E-state index in [4.69, 9.17) is 4.74 Å². The molecule has 0 saturated carbocycles. The number of rotatable bonds is 2. The minimum atomic E-state index is -0.222. The Morgan fingerprint density at radius 3 is 3.36 bits per heavy atom. The summed E-state index contributed by atoms with van der Waals surface area (Å²) in [5.41, 5.74) is 0. The molecule has 1 unspecified atom stereocenters. The minimum Gasteiger partial charge on any atom is -0.466 e. The Bertz CT molecular complexity index is 269. The molecule has 0 spiro atoms. The molecular weight excluding hydrogens is 180 g/mol. The highest BCUT2D eigenvalue weighted by Gasteiger charge is 2.14. The molecule has 0 aliphatic carbocycles. The van der Waals surface area contributed by atoms with Gasteiger partial charge in [-0.2, -0.15) is 0 Å². The number of nitrogens with zero attached hydrogens (tertiary/aromatic N) is 1. The van der Waals surface area contributed by atoms with Crippen molar-refractivity contribution in [3.05, 3.63) is 24.6 Å². The lowest BCUT2D eigenvalue weighted by Crippen LogP contribution is -2.15. The van der Waals surface area contributed by atoms with Crippen molar-refractivity contribution in [1.82, 2.24) is 5.32 Å². The molecule has 0 aromatic rings. The molecular formula is C10H14N2O2. The van der Waals surface area contributed by atoms with Crippen molar-refractivity contribution in [2.45, 2.75) is 13.3 Å². The number of hydrogen-bond donors (Lipinski definition) is 1. The van der Waals surface area contributed by atoms with Gasteiger partial charge in [0, 0.05) is 6.20 Å². The van der Waals surface area contributed by atoms with Gasteiger partial charge in [-0.3, -0.25) is 4.79 Å². The molecule has 1 aliphatic heterocycles. The van der Waals surface area contributed by atoms with E-state index >= 15 is 0 Å². The van der Waals surface area contributed by atoms with Crippen molar-refractivity contribution in [3.8, 4) is 0 Å². The number of ether oxygens (including phenoxy) is 1. The number of carbonyl (C=O) groups excluding carboxylic acids is 1. The first-order valence-corrected chi connectivity index (χ1v) is 4.60. The second-order valence-corrected chi connectivity index (χ2v) is 2.78. The van der Waals surface area contributed by atoms with E-state index < -0.39 is 0 Å². The molecule has 14 heavy (non-hydrogen) atoms. The second kappa shape index (κ2) is 5.96. The molecule has 0 saturated heterocycles. The fourth-order valence-electron chi connectivity index (χ4n) is 1.07. The first-order chi connectivity index (χ1) is 6.84. The van der Waals surface area contributed by atoms with E-state index in [9.17, 15) is 4.79 Å². The summed E-state index contributed by atoms with van der Waals surface area (Å²) < 4.78 is 4.93. The van der Waals surface area contributed by atoms with Gasteiger partial charge in [-0.1, -0.05) is 12.2 Å². The van der Waals surface area contributed by atoms with Crippen molar-refractivity contribution >= 4 is 12.3 Å². The summed E-state index contributed by atoms with van der Waals surface area (Å²) in [7, 11) is 0. The quantitative estimate of drug-likeness (QED) is 0.672. The van der Waals surface area contributed by atoms with Crippen LogP contribution in [0.3, 0.4) is 0 Å². The molecule has 0 bridgehead atoms. The van der Waals surface area contributed by atoms with Crippen LogP contribution in [0.5, 0.6) is 0 Å². The van der Waals surface area contributed by atoms with Crippen LogP contribution in [0.2, 0.25) is 0 Å². The van der Waals surface area contributed by atoms with Gasteiger partial charge in [-0.25, -0.2) is 4.99 Å². The Morgan fingerprint density at radius 1 is 1.71 bits per heavy atom. The highest BCUT2D eigenvalue weighted by molar-refractivity contribution is 5.74. The van der Waals surface area contributed by atoms with Gasteiger partial charge in [0.25, 0.3) is 0 Å². The maximum absolute atomic E-state index is 11.4. The minimum absolute atomic E-state index is 0.197. The molecule has 4 heteroatoms. The monoisotopic (exact) mass is 194 g/mol. The summed E-state index contributed by atoms with van der Waals surface area (Å²) in [4.78, 5) is 15.3. The van der Waals surface area contributed by atoms with Crippen molar-refractivity contribution in [1.29, 1.82) is 0 Å². The molecule has 0 amide bonds. The Morgan fingerprint density at radius 2 is 2.57 bits per heavy atom. The van der Waals surface area contributed by atoms with Gasteiger partial charge in [-0.05, 0) is 19.5 Å². The summed E-state index contributed by atoms with van der Waals surface area (Å²) in [5, 5.41) is 2.82. The van der Waals surface area contributed by atoms with E-state index in [-0.39, 0.29) is 11.9 Å². The number of carbonyl (C=O) groups is 1. The van der Waals surface area contributed by atoms with Crippen LogP contribution in [-0.4, -0.2) is 18.9 Å². The number of nitrogens with one attached hydrogen (secondary N) is 1. The van der Waals surface area contributed by atoms with Crippen LogP contribution in [0.1, 0.15) is 13.3 Å². The van der Waals surface area contributed by atoms with E-state index in [1.54, 1.807) is 31.7 Å². The van der Waals surface area contributed by atoms with Gasteiger partial charge in [0.05, 0.1) is 18.9 Å². The number of hydrogen-bond acceptors (Lipinski definition) is 4. The lowest BCUT2D eigenvalue weighted by molar-refractivity contribution is -0.146. The maximum Gasteiger partial charge on any atom is 0.313 e. The molecule has 0 radical (unpaired) electrons. The third-order valence-corrected chi connectivity index (χ3v) is 1.74. The van der Waals surface area contributed by atoms with Gasteiger partial charge in [-0.15, -0.1) is 0 Å². The molecule has 1 aliphatic rings. The zero-order chi connectivity index (χ0) is 10.2. The third kappa shape index (κ3) is 3.43. The predicted octanol–water partition coefficient (Wildman–Crippen LogP) is 1.21. The highest BCUT2D eigenvalue weighted by Crippen LogP contribution is 2.09. The van der Waals surface area contributed by atoms with Crippen LogP contribution in [0.15, 0.2) is 29.5 Å². The molecule has 1 atom stereocenters. The van der Waals surface area contributed by atoms with Gasteiger partial charge in [0.2, 0.25) is 0 Å². The third-order valence-electron chi connectivity index (χ3n) is 1.74. The largest absolute Gasteiger partial charge is 0.466 e. The Kier molecular flexibility index (Phi) is 4.47. The van der Waals surface area contributed by atoms with Crippen LogP contribution >= 0.6 is 0 Å². The van der Waals surface area contributed by atoms with E-state index in [0.29, 0.717) is 13.0 Å². The zero-order valence-electron chi connectivity index (χ0n) is 8.14. The fourth-order valence-corrected chi connectivity index (χ4v) is 1.07. The maximum atomic E-state index is 11.4. The summed E-state index contributed by atoms with van der Waals surface area (Å²) in [6.07, 6.45) is 9.15. The molecule has 4 nitrogen and oxygen atoms in total. The van der Waals surface area contributed by atoms with Gasteiger partial charge in [0.15, 0.2) is 0 Å². The zero-order valence-corrected chi connectivity index (χ0v) is 8.14. The number of aliphatic imine (C=N–C) groups is 1. The van der Waals surface area contributed by atoms with Crippen LogP contribution in [0, 0.1) is 5.92 Å². The molecule has 0 aromatic carbocycles. The van der Waals surface area contributed by atoms with Gasteiger partial charge < -0.3 is 10.1 Å². The van der Waals surface area contributed by atoms with Crippen LogP contribution in [0.4, 0.5) is 0 Å². The first-order valence-electron chi connectivity index (χ1n) is 4.60. The fraction of sp³-hybridized carbons (Fsp3) is 0.400. The molecule has 1 N–H and O–H groups in total. The molecule has 1 rings (SSSR count). The first kappa shape index (κ1) is 10.5. The van der Waals surface area contributed by atoms with Crippen LogP contribution in [-0.2, 0) is 9.53 Å². The summed E-state index contributed by atoms with van der Waals surface area (Å²) in [6, 6.07) is 0. The topological polar surface area (TPSA) is 50.7 Å². The van der Waals surface area contributed by atoms with E-state index in [1.165, 1.54) is 0 Å². The lowest BCUT2D eigenvalue weighted by atomic mass is 10.1. The summed E-state index contributed by atoms with van der Waals surface area (Å²) in [5.74, 6) is -0.419. The van der Waals surface area contributed by atoms with E-state index in [2.05, 4.69) is 10.3 Å². The summed E-state index contributed by atoms with van der Waals surface area (Å²) >= 11 is 0. The van der Waals surface area contributed by atoms with E-state index in [0.717, 1.165) is 0 Å². The molecule has 0 aromatic heterocycles.